The smallest absolute Gasteiger partial charge is 0.221 e. The lowest BCUT2D eigenvalue weighted by molar-refractivity contribution is -0.114. The molecule has 0 aliphatic heterocycles. The molecule has 1 heterocycles. The third-order valence-electron chi connectivity index (χ3n) is 4.68. The van der Waals surface area contributed by atoms with Crippen molar-refractivity contribution in [1.82, 2.24) is 20.2 Å². The van der Waals surface area contributed by atoms with E-state index < -0.39 is 0 Å². The Labute approximate surface area is 178 Å². The van der Waals surface area contributed by atoms with Crippen molar-refractivity contribution in [2.24, 2.45) is 0 Å². The van der Waals surface area contributed by atoms with Crippen molar-refractivity contribution in [3.8, 4) is 11.4 Å². The molecule has 0 spiro atoms. The summed E-state index contributed by atoms with van der Waals surface area (Å²) in [5.74, 6) is 0.722. The van der Waals surface area contributed by atoms with E-state index in [0.29, 0.717) is 10.8 Å². The zero-order valence-electron chi connectivity index (χ0n) is 16.9. The van der Waals surface area contributed by atoms with Crippen LogP contribution in [0.5, 0.6) is 5.75 Å². The molecule has 1 N–H and O–H groups in total. The maximum atomic E-state index is 11.3. The molecule has 1 unspecified atom stereocenters. The van der Waals surface area contributed by atoms with E-state index in [-0.39, 0.29) is 11.2 Å². The average Bonchev–Trinajstić information content (AvgIpc) is 3.20. The lowest BCUT2D eigenvalue weighted by Crippen LogP contribution is -2.07. The number of benzene rings is 3. The van der Waals surface area contributed by atoms with Crippen LogP contribution in [0.25, 0.3) is 16.5 Å². The summed E-state index contributed by atoms with van der Waals surface area (Å²) in [6.07, 6.45) is 0. The number of carbonyl (C=O) groups is 1. The van der Waals surface area contributed by atoms with E-state index in [1.54, 1.807) is 23.6 Å². The summed E-state index contributed by atoms with van der Waals surface area (Å²) in [5, 5.41) is 18.1. The minimum Gasteiger partial charge on any atom is -0.497 e. The summed E-state index contributed by atoms with van der Waals surface area (Å²) in [6, 6.07) is 19.9. The first-order valence-corrected chi connectivity index (χ1v) is 10.3. The number of rotatable bonds is 6. The molecule has 3 aromatic carbocycles. The number of nitrogens with zero attached hydrogens (tertiary/aromatic N) is 4. The maximum absolute atomic E-state index is 11.3. The van der Waals surface area contributed by atoms with Crippen LogP contribution in [0.2, 0.25) is 0 Å². The first-order chi connectivity index (χ1) is 14.5. The molecule has 0 fully saturated rings. The SMILES string of the molecule is COc1ccc2cc(C(C)Sc3nnnn3-c3cccc(NC(C)=O)c3)ccc2c1. The number of carbonyl (C=O) groups excluding carboxylic acids is 1. The fourth-order valence-electron chi connectivity index (χ4n) is 3.18. The van der Waals surface area contributed by atoms with Crippen molar-refractivity contribution in [3.05, 3.63) is 66.2 Å². The number of tetrazole rings is 1. The Hall–Kier alpha value is -3.39. The third kappa shape index (κ3) is 4.28. The first kappa shape index (κ1) is 19.9. The predicted molar refractivity (Wildman–Crippen MR) is 118 cm³/mol. The number of amides is 1. The van der Waals surface area contributed by atoms with Gasteiger partial charge in [-0.2, -0.15) is 4.68 Å². The van der Waals surface area contributed by atoms with E-state index in [0.717, 1.165) is 22.2 Å². The van der Waals surface area contributed by atoms with Crippen LogP contribution in [0.4, 0.5) is 5.69 Å². The lowest BCUT2D eigenvalue weighted by atomic mass is 10.1. The highest BCUT2D eigenvalue weighted by Crippen LogP contribution is 2.36. The van der Waals surface area contributed by atoms with Crippen molar-refractivity contribution in [2.75, 3.05) is 12.4 Å². The minimum absolute atomic E-state index is 0.124. The highest BCUT2D eigenvalue weighted by atomic mass is 32.2. The van der Waals surface area contributed by atoms with Gasteiger partial charge in [0.2, 0.25) is 11.1 Å². The van der Waals surface area contributed by atoms with E-state index in [9.17, 15) is 4.79 Å². The number of aromatic nitrogens is 4. The number of methoxy groups -OCH3 is 1. The summed E-state index contributed by atoms with van der Waals surface area (Å²) in [4.78, 5) is 11.3. The zero-order chi connectivity index (χ0) is 21.1. The van der Waals surface area contributed by atoms with Gasteiger partial charge >= 0.3 is 0 Å². The Morgan fingerprint density at radius 3 is 2.70 bits per heavy atom. The number of hydrogen-bond donors (Lipinski definition) is 1. The fourth-order valence-corrected chi connectivity index (χ4v) is 4.11. The largest absolute Gasteiger partial charge is 0.497 e. The monoisotopic (exact) mass is 419 g/mol. The van der Waals surface area contributed by atoms with Crippen LogP contribution in [0, 0.1) is 0 Å². The van der Waals surface area contributed by atoms with E-state index in [1.807, 2.05) is 36.4 Å². The van der Waals surface area contributed by atoms with Crippen LogP contribution in [0.1, 0.15) is 24.7 Å². The molecule has 0 radical (unpaired) electrons. The van der Waals surface area contributed by atoms with Gasteiger partial charge in [0.15, 0.2) is 0 Å². The van der Waals surface area contributed by atoms with Crippen molar-refractivity contribution in [1.29, 1.82) is 0 Å². The van der Waals surface area contributed by atoms with Gasteiger partial charge in [-0.15, -0.1) is 5.10 Å². The van der Waals surface area contributed by atoms with Crippen LogP contribution >= 0.6 is 11.8 Å². The molecule has 30 heavy (non-hydrogen) atoms. The van der Waals surface area contributed by atoms with Gasteiger partial charge in [0.05, 0.1) is 12.8 Å². The van der Waals surface area contributed by atoms with Gasteiger partial charge in [-0.25, -0.2) is 0 Å². The molecular formula is C22H21N5O2S. The first-order valence-electron chi connectivity index (χ1n) is 9.44. The second-order valence-corrected chi connectivity index (χ2v) is 8.15. The standard InChI is InChI=1S/C22H21N5O2S/c1-14(16-7-8-18-12-21(29-3)10-9-17(18)11-16)30-22-24-25-26-27(22)20-6-4-5-19(13-20)23-15(2)28/h4-14H,1-3H3,(H,23,28). The predicted octanol–water partition coefficient (Wildman–Crippen LogP) is 4.64. The van der Waals surface area contributed by atoms with Gasteiger partial charge in [0.1, 0.15) is 5.75 Å². The van der Waals surface area contributed by atoms with Crippen LogP contribution in [0.15, 0.2) is 65.8 Å². The summed E-state index contributed by atoms with van der Waals surface area (Å²) in [5.41, 5.74) is 2.66. The molecule has 0 aliphatic rings. The van der Waals surface area contributed by atoms with Gasteiger partial charge in [0, 0.05) is 17.9 Å². The Morgan fingerprint density at radius 2 is 1.90 bits per heavy atom. The van der Waals surface area contributed by atoms with Crippen molar-refractivity contribution in [3.63, 3.8) is 0 Å². The van der Waals surface area contributed by atoms with E-state index in [4.69, 9.17) is 4.74 Å². The van der Waals surface area contributed by atoms with E-state index in [1.165, 1.54) is 12.5 Å². The summed E-state index contributed by atoms with van der Waals surface area (Å²) < 4.78 is 6.98. The molecule has 0 saturated carbocycles. The normalized spacial score (nSPS) is 12.0. The topological polar surface area (TPSA) is 81.9 Å². The maximum Gasteiger partial charge on any atom is 0.221 e. The molecule has 1 aromatic heterocycles. The van der Waals surface area contributed by atoms with Crippen LogP contribution in [-0.4, -0.2) is 33.2 Å². The molecule has 8 heteroatoms. The Bertz CT molecular complexity index is 1210. The molecule has 0 saturated heterocycles. The number of hydrogen-bond acceptors (Lipinski definition) is 6. The number of thioether (sulfide) groups is 1. The number of fused-ring (bicyclic) bond motifs is 1. The van der Waals surface area contributed by atoms with Gasteiger partial charge < -0.3 is 10.1 Å². The lowest BCUT2D eigenvalue weighted by Gasteiger charge is -2.13. The van der Waals surface area contributed by atoms with Crippen molar-refractivity contribution < 1.29 is 9.53 Å². The average molecular weight is 420 g/mol. The Kier molecular flexibility index (Phi) is 5.67. The van der Waals surface area contributed by atoms with Gasteiger partial charge in [-0.1, -0.05) is 42.1 Å². The highest BCUT2D eigenvalue weighted by molar-refractivity contribution is 7.99. The highest BCUT2D eigenvalue weighted by Gasteiger charge is 2.16. The molecule has 1 atom stereocenters. The second kappa shape index (κ2) is 8.54. The molecule has 7 nitrogen and oxygen atoms in total. The Balaban J connectivity index is 1.58. The number of nitrogens with one attached hydrogen (secondary N) is 1. The molecular weight excluding hydrogens is 398 g/mol. The van der Waals surface area contributed by atoms with Gasteiger partial charge in [-0.3, -0.25) is 4.79 Å². The van der Waals surface area contributed by atoms with Crippen LogP contribution in [-0.2, 0) is 4.79 Å². The van der Waals surface area contributed by atoms with E-state index in [2.05, 4.69) is 52.0 Å². The quantitative estimate of drug-likeness (QED) is 0.459. The number of ether oxygens (including phenoxy) is 1. The second-order valence-electron chi connectivity index (χ2n) is 6.84. The third-order valence-corrected chi connectivity index (χ3v) is 5.77. The molecule has 4 aromatic rings. The van der Waals surface area contributed by atoms with Gasteiger partial charge in [0.25, 0.3) is 0 Å². The van der Waals surface area contributed by atoms with Crippen LogP contribution < -0.4 is 10.1 Å². The zero-order valence-corrected chi connectivity index (χ0v) is 17.7. The number of anilines is 1. The van der Waals surface area contributed by atoms with Gasteiger partial charge in [-0.05, 0) is 64.0 Å². The van der Waals surface area contributed by atoms with Crippen molar-refractivity contribution >= 4 is 34.1 Å². The Morgan fingerprint density at radius 1 is 1.10 bits per heavy atom. The summed E-state index contributed by atoms with van der Waals surface area (Å²) >= 11 is 1.58. The summed E-state index contributed by atoms with van der Waals surface area (Å²) in [7, 11) is 1.67. The fraction of sp³-hybridized carbons (Fsp3) is 0.182. The minimum atomic E-state index is -0.124. The molecule has 1 amide bonds. The van der Waals surface area contributed by atoms with E-state index >= 15 is 0 Å². The van der Waals surface area contributed by atoms with Crippen molar-refractivity contribution in [2.45, 2.75) is 24.3 Å². The molecule has 4 rings (SSSR count). The van der Waals surface area contributed by atoms with Crippen LogP contribution in [0.3, 0.4) is 0 Å². The summed E-state index contributed by atoms with van der Waals surface area (Å²) in [6.45, 7) is 3.61. The molecule has 0 aliphatic carbocycles. The molecule has 0 bridgehead atoms. The molecule has 152 valence electrons.